The molecule has 2 rings (SSSR count). The van der Waals surface area contributed by atoms with Crippen molar-refractivity contribution < 1.29 is 4.79 Å². The lowest BCUT2D eigenvalue weighted by molar-refractivity contribution is 0.0999. The van der Waals surface area contributed by atoms with Crippen molar-refractivity contribution >= 4 is 5.91 Å². The summed E-state index contributed by atoms with van der Waals surface area (Å²) >= 11 is 0. The van der Waals surface area contributed by atoms with Crippen LogP contribution in [0.2, 0.25) is 0 Å². The summed E-state index contributed by atoms with van der Waals surface area (Å²) in [5.41, 5.74) is 8.88. The molecule has 0 spiro atoms. The molecular weight excluding hydrogens is 258 g/mol. The van der Waals surface area contributed by atoms with E-state index in [0.29, 0.717) is 5.56 Å². The topological polar surface area (TPSA) is 43.1 Å². The predicted octanol–water partition coefficient (Wildman–Crippen LogP) is 3.53. The first-order valence-electron chi connectivity index (χ1n) is 7.21. The zero-order valence-corrected chi connectivity index (χ0v) is 12.2. The standard InChI is InChI=1S/C19H19NO/c1-2-3-11-17-16(10-7-12-18(17)19(20)21)14-13-15-8-5-4-6-9-15/h4-10,12H,2-3,11H2,1H3,(H2,20,21). The van der Waals surface area contributed by atoms with Crippen LogP contribution in [0.1, 0.15) is 46.8 Å². The second-order valence-corrected chi connectivity index (χ2v) is 4.92. The van der Waals surface area contributed by atoms with Crippen molar-refractivity contribution in [2.45, 2.75) is 26.2 Å². The van der Waals surface area contributed by atoms with Crippen molar-refractivity contribution in [3.8, 4) is 11.8 Å². The summed E-state index contributed by atoms with van der Waals surface area (Å²) in [5.74, 6) is 5.93. The second kappa shape index (κ2) is 7.31. The Labute approximate surface area is 126 Å². The summed E-state index contributed by atoms with van der Waals surface area (Å²) in [6.07, 6.45) is 2.91. The molecule has 0 saturated heterocycles. The van der Waals surface area contributed by atoms with Gasteiger partial charge in [0.1, 0.15) is 0 Å². The molecule has 1 amide bonds. The summed E-state index contributed by atoms with van der Waals surface area (Å²) in [6, 6.07) is 15.4. The van der Waals surface area contributed by atoms with Gasteiger partial charge in [-0.1, -0.05) is 49.5 Å². The van der Waals surface area contributed by atoms with Crippen molar-refractivity contribution in [1.82, 2.24) is 0 Å². The highest BCUT2D eigenvalue weighted by atomic mass is 16.1. The lowest BCUT2D eigenvalue weighted by atomic mass is 9.96. The van der Waals surface area contributed by atoms with Gasteiger partial charge >= 0.3 is 0 Å². The Bertz CT molecular complexity index is 678. The number of hydrogen-bond donors (Lipinski definition) is 1. The van der Waals surface area contributed by atoms with Gasteiger partial charge < -0.3 is 5.73 Å². The van der Waals surface area contributed by atoms with E-state index in [1.165, 1.54) is 0 Å². The maximum atomic E-state index is 11.6. The van der Waals surface area contributed by atoms with Crippen LogP contribution in [0.4, 0.5) is 0 Å². The first-order valence-corrected chi connectivity index (χ1v) is 7.21. The van der Waals surface area contributed by atoms with E-state index < -0.39 is 0 Å². The molecule has 0 saturated carbocycles. The quantitative estimate of drug-likeness (QED) is 0.854. The fraction of sp³-hybridized carbons (Fsp3) is 0.211. The van der Waals surface area contributed by atoms with Crippen LogP contribution in [0.5, 0.6) is 0 Å². The van der Waals surface area contributed by atoms with Gasteiger partial charge in [0.2, 0.25) is 5.91 Å². The summed E-state index contributed by atoms with van der Waals surface area (Å²) in [7, 11) is 0. The molecular formula is C19H19NO. The van der Waals surface area contributed by atoms with Gasteiger partial charge in [0.05, 0.1) is 0 Å². The fourth-order valence-electron chi connectivity index (χ4n) is 2.22. The van der Waals surface area contributed by atoms with Crippen LogP contribution < -0.4 is 5.73 Å². The van der Waals surface area contributed by atoms with E-state index in [0.717, 1.165) is 36.0 Å². The lowest BCUT2D eigenvalue weighted by Gasteiger charge is -2.08. The molecule has 0 aliphatic heterocycles. The van der Waals surface area contributed by atoms with Crippen molar-refractivity contribution in [3.05, 3.63) is 70.8 Å². The third kappa shape index (κ3) is 3.97. The number of primary amides is 1. The highest BCUT2D eigenvalue weighted by molar-refractivity contribution is 5.95. The van der Waals surface area contributed by atoms with Crippen LogP contribution in [-0.2, 0) is 6.42 Å². The SMILES string of the molecule is CCCCc1c(C#Cc2ccccc2)cccc1C(N)=O. The molecule has 0 atom stereocenters. The number of unbranched alkanes of at least 4 members (excludes halogenated alkanes) is 1. The summed E-state index contributed by atoms with van der Waals surface area (Å²) in [5, 5.41) is 0. The van der Waals surface area contributed by atoms with Gasteiger partial charge in [0, 0.05) is 16.7 Å². The molecule has 0 bridgehead atoms. The number of carbonyl (C=O) groups excluding carboxylic acids is 1. The molecule has 2 aromatic carbocycles. The van der Waals surface area contributed by atoms with Gasteiger partial charge in [-0.05, 0) is 42.7 Å². The zero-order valence-electron chi connectivity index (χ0n) is 12.2. The smallest absolute Gasteiger partial charge is 0.249 e. The molecule has 2 N–H and O–H groups in total. The van der Waals surface area contributed by atoms with Crippen LogP contribution in [0.25, 0.3) is 0 Å². The Morgan fingerprint density at radius 3 is 2.48 bits per heavy atom. The lowest BCUT2D eigenvalue weighted by Crippen LogP contribution is -2.14. The molecule has 2 nitrogen and oxygen atoms in total. The monoisotopic (exact) mass is 277 g/mol. The van der Waals surface area contributed by atoms with Crippen molar-refractivity contribution in [3.63, 3.8) is 0 Å². The number of carbonyl (C=O) groups is 1. The molecule has 0 unspecified atom stereocenters. The molecule has 21 heavy (non-hydrogen) atoms. The molecule has 0 fully saturated rings. The van der Waals surface area contributed by atoms with E-state index in [9.17, 15) is 4.79 Å². The number of rotatable bonds is 4. The molecule has 0 aliphatic carbocycles. The highest BCUT2D eigenvalue weighted by Crippen LogP contribution is 2.17. The summed E-state index contributed by atoms with van der Waals surface area (Å²) in [6.45, 7) is 2.13. The van der Waals surface area contributed by atoms with Crippen LogP contribution in [-0.4, -0.2) is 5.91 Å². The summed E-state index contributed by atoms with van der Waals surface area (Å²) in [4.78, 5) is 11.6. The Hall–Kier alpha value is -2.53. The minimum Gasteiger partial charge on any atom is -0.366 e. The van der Waals surface area contributed by atoms with Crippen LogP contribution in [0.3, 0.4) is 0 Å². The highest BCUT2D eigenvalue weighted by Gasteiger charge is 2.10. The number of amides is 1. The van der Waals surface area contributed by atoms with E-state index in [4.69, 9.17) is 5.73 Å². The van der Waals surface area contributed by atoms with Gasteiger partial charge in [-0.3, -0.25) is 4.79 Å². The van der Waals surface area contributed by atoms with Gasteiger partial charge in [0.25, 0.3) is 0 Å². The molecule has 2 heteroatoms. The van der Waals surface area contributed by atoms with Crippen LogP contribution >= 0.6 is 0 Å². The minimum atomic E-state index is -0.385. The number of benzene rings is 2. The third-order valence-corrected chi connectivity index (χ3v) is 3.34. The first-order chi connectivity index (χ1) is 10.2. The largest absolute Gasteiger partial charge is 0.366 e. The maximum absolute atomic E-state index is 11.6. The van der Waals surface area contributed by atoms with Crippen LogP contribution in [0.15, 0.2) is 48.5 Å². The molecule has 0 aliphatic rings. The van der Waals surface area contributed by atoms with Crippen molar-refractivity contribution in [2.24, 2.45) is 5.73 Å². The molecule has 0 aromatic heterocycles. The van der Waals surface area contributed by atoms with Gasteiger partial charge in [-0.2, -0.15) is 0 Å². The van der Waals surface area contributed by atoms with Gasteiger partial charge in [-0.15, -0.1) is 0 Å². The summed E-state index contributed by atoms with van der Waals surface area (Å²) < 4.78 is 0. The average Bonchev–Trinajstić information content (AvgIpc) is 2.52. The normalized spacial score (nSPS) is 9.76. The Morgan fingerprint density at radius 1 is 1.05 bits per heavy atom. The van der Waals surface area contributed by atoms with E-state index in [-0.39, 0.29) is 5.91 Å². The molecule has 106 valence electrons. The first kappa shape index (κ1) is 14.9. The molecule has 2 aromatic rings. The Balaban J connectivity index is 2.41. The van der Waals surface area contributed by atoms with Gasteiger partial charge in [0.15, 0.2) is 0 Å². The fourth-order valence-corrected chi connectivity index (χ4v) is 2.22. The zero-order chi connectivity index (χ0) is 15.1. The van der Waals surface area contributed by atoms with E-state index in [2.05, 4.69) is 18.8 Å². The number of hydrogen-bond acceptors (Lipinski definition) is 1. The number of nitrogens with two attached hydrogens (primary N) is 1. The Morgan fingerprint density at radius 2 is 1.81 bits per heavy atom. The van der Waals surface area contributed by atoms with Crippen LogP contribution in [0, 0.1) is 11.8 Å². The average molecular weight is 277 g/mol. The van der Waals surface area contributed by atoms with Crippen molar-refractivity contribution in [1.29, 1.82) is 0 Å². The maximum Gasteiger partial charge on any atom is 0.249 e. The van der Waals surface area contributed by atoms with E-state index in [1.807, 2.05) is 42.5 Å². The molecule has 0 radical (unpaired) electrons. The Kier molecular flexibility index (Phi) is 5.17. The molecule has 0 heterocycles. The predicted molar refractivity (Wildman–Crippen MR) is 86.0 cm³/mol. The second-order valence-electron chi connectivity index (χ2n) is 4.92. The third-order valence-electron chi connectivity index (χ3n) is 3.34. The minimum absolute atomic E-state index is 0.385. The van der Waals surface area contributed by atoms with Crippen molar-refractivity contribution in [2.75, 3.05) is 0 Å². The van der Waals surface area contributed by atoms with E-state index in [1.54, 1.807) is 6.07 Å². The van der Waals surface area contributed by atoms with E-state index >= 15 is 0 Å². The van der Waals surface area contributed by atoms with Gasteiger partial charge in [-0.25, -0.2) is 0 Å².